The quantitative estimate of drug-likeness (QED) is 0.426. The Balaban J connectivity index is 2.40. The van der Waals surface area contributed by atoms with Crippen molar-refractivity contribution in [3.63, 3.8) is 0 Å². The number of benzene rings is 1. The van der Waals surface area contributed by atoms with E-state index in [-0.39, 0.29) is 23.2 Å². The smallest absolute Gasteiger partial charge is 0.267 e. The maximum atomic E-state index is 12.4. The minimum absolute atomic E-state index is 0.00420. The van der Waals surface area contributed by atoms with Crippen molar-refractivity contribution in [3.05, 3.63) is 40.2 Å². The summed E-state index contributed by atoms with van der Waals surface area (Å²) in [6.45, 7) is 3.86. The van der Waals surface area contributed by atoms with Gasteiger partial charge in [0.2, 0.25) is 11.9 Å². The summed E-state index contributed by atoms with van der Waals surface area (Å²) >= 11 is 0. The van der Waals surface area contributed by atoms with Gasteiger partial charge in [-0.1, -0.05) is 13.8 Å². The third-order valence-corrected chi connectivity index (χ3v) is 3.88. The molecule has 1 heterocycles. The molecule has 0 spiro atoms. The average molecular weight is 388 g/mol. The van der Waals surface area contributed by atoms with E-state index >= 15 is 0 Å². The number of H-pyrrole nitrogens is 1. The first-order valence-corrected chi connectivity index (χ1v) is 8.62. The molecule has 1 aromatic carbocycles. The van der Waals surface area contributed by atoms with Gasteiger partial charge >= 0.3 is 0 Å². The topological polar surface area (TPSA) is 165 Å². The highest BCUT2D eigenvalue weighted by Gasteiger charge is 2.21. The molecule has 1 aromatic heterocycles. The Morgan fingerprint density at radius 1 is 1.21 bits per heavy atom. The second-order valence-electron chi connectivity index (χ2n) is 6.58. The minimum Gasteiger partial charge on any atom is -0.497 e. The molecule has 2 aromatic rings. The molecule has 10 nitrogen and oxygen atoms in total. The van der Waals surface area contributed by atoms with Gasteiger partial charge in [-0.05, 0) is 36.6 Å². The standard InChI is InChI=1S/C18H24N6O4/c1-9(2)8-12(14(19)25)22-18-23-16(13(15(20)26)17(27)24-18)21-10-4-6-11(28-3)7-5-10/h4-7,9,12H,8H2,1-3H3,(H2,19,25)(H2,20,26)(H3,21,22,23,24,27). The fourth-order valence-electron chi connectivity index (χ4n) is 2.55. The number of carbonyl (C=O) groups excluding carboxylic acids is 2. The van der Waals surface area contributed by atoms with E-state index in [1.54, 1.807) is 24.3 Å². The van der Waals surface area contributed by atoms with Crippen molar-refractivity contribution < 1.29 is 14.3 Å². The highest BCUT2D eigenvalue weighted by Crippen LogP contribution is 2.21. The van der Waals surface area contributed by atoms with Crippen LogP contribution in [-0.4, -0.2) is 34.9 Å². The van der Waals surface area contributed by atoms with Crippen molar-refractivity contribution in [1.29, 1.82) is 0 Å². The Kier molecular flexibility index (Phi) is 6.59. The third-order valence-electron chi connectivity index (χ3n) is 3.88. The molecule has 1 atom stereocenters. The maximum absolute atomic E-state index is 12.4. The summed E-state index contributed by atoms with van der Waals surface area (Å²) in [6.07, 6.45) is 0.442. The molecule has 2 amide bonds. The fraction of sp³-hybridized carbons (Fsp3) is 0.333. The van der Waals surface area contributed by atoms with Crippen LogP contribution in [0.5, 0.6) is 5.75 Å². The Hall–Kier alpha value is -3.56. The van der Waals surface area contributed by atoms with E-state index < -0.39 is 23.4 Å². The van der Waals surface area contributed by atoms with Gasteiger partial charge in [0.1, 0.15) is 17.4 Å². The Labute approximate surface area is 161 Å². The minimum atomic E-state index is -0.940. The first-order chi connectivity index (χ1) is 13.2. The molecule has 2 rings (SSSR count). The predicted octanol–water partition coefficient (Wildman–Crippen LogP) is 0.933. The summed E-state index contributed by atoms with van der Waals surface area (Å²) in [6, 6.07) is 6.03. The summed E-state index contributed by atoms with van der Waals surface area (Å²) in [7, 11) is 1.54. The van der Waals surface area contributed by atoms with Gasteiger partial charge in [0.05, 0.1) is 7.11 Å². The zero-order valence-corrected chi connectivity index (χ0v) is 15.9. The lowest BCUT2D eigenvalue weighted by molar-refractivity contribution is -0.119. The molecule has 150 valence electrons. The molecule has 0 saturated carbocycles. The van der Waals surface area contributed by atoms with Crippen molar-refractivity contribution in [2.75, 3.05) is 17.7 Å². The number of amides is 2. The zero-order chi connectivity index (χ0) is 20.8. The number of aromatic nitrogens is 2. The van der Waals surface area contributed by atoms with Crippen molar-refractivity contribution in [3.8, 4) is 5.75 Å². The molecule has 10 heteroatoms. The number of primary amides is 2. The lowest BCUT2D eigenvalue weighted by Crippen LogP contribution is -2.38. The van der Waals surface area contributed by atoms with E-state index in [1.165, 1.54) is 7.11 Å². The molecule has 0 bridgehead atoms. The lowest BCUT2D eigenvalue weighted by atomic mass is 10.0. The lowest BCUT2D eigenvalue weighted by Gasteiger charge is -2.18. The fourth-order valence-corrected chi connectivity index (χ4v) is 2.55. The SMILES string of the molecule is COc1ccc(Nc2nc(NC(CC(C)C)C(N)=O)[nH]c(=O)c2C(N)=O)cc1. The summed E-state index contributed by atoms with van der Waals surface area (Å²) in [5, 5.41) is 5.69. The number of hydrogen-bond donors (Lipinski definition) is 5. The zero-order valence-electron chi connectivity index (χ0n) is 15.9. The van der Waals surface area contributed by atoms with Crippen LogP contribution in [0.2, 0.25) is 0 Å². The number of methoxy groups -OCH3 is 1. The summed E-state index contributed by atoms with van der Waals surface area (Å²) < 4.78 is 5.09. The number of nitrogens with one attached hydrogen (secondary N) is 3. The molecular formula is C18H24N6O4. The Morgan fingerprint density at radius 3 is 2.36 bits per heavy atom. The van der Waals surface area contributed by atoms with Gasteiger partial charge in [-0.2, -0.15) is 4.98 Å². The number of nitrogens with zero attached hydrogens (tertiary/aromatic N) is 1. The second-order valence-corrected chi connectivity index (χ2v) is 6.58. The third kappa shape index (κ3) is 5.22. The number of ether oxygens (including phenoxy) is 1. The van der Waals surface area contributed by atoms with Crippen LogP contribution in [0.15, 0.2) is 29.1 Å². The Bertz CT molecular complexity index is 907. The van der Waals surface area contributed by atoms with Gasteiger partial charge in [-0.3, -0.25) is 19.4 Å². The molecule has 7 N–H and O–H groups in total. The van der Waals surface area contributed by atoms with Crippen LogP contribution in [0, 0.1) is 5.92 Å². The van der Waals surface area contributed by atoms with E-state index in [9.17, 15) is 14.4 Å². The number of hydrogen-bond acceptors (Lipinski definition) is 7. The molecule has 0 radical (unpaired) electrons. The van der Waals surface area contributed by atoms with Crippen molar-refractivity contribution in [1.82, 2.24) is 9.97 Å². The van der Waals surface area contributed by atoms with E-state index in [2.05, 4.69) is 20.6 Å². The molecule has 1 unspecified atom stereocenters. The first kappa shape index (κ1) is 20.7. The van der Waals surface area contributed by atoms with Crippen LogP contribution in [0.4, 0.5) is 17.5 Å². The maximum Gasteiger partial charge on any atom is 0.267 e. The summed E-state index contributed by atoms with van der Waals surface area (Å²) in [5.74, 6) is -0.754. The largest absolute Gasteiger partial charge is 0.497 e. The van der Waals surface area contributed by atoms with E-state index in [1.807, 2.05) is 13.8 Å². The molecule has 0 aliphatic rings. The number of anilines is 3. The van der Waals surface area contributed by atoms with E-state index in [0.717, 1.165) is 0 Å². The first-order valence-electron chi connectivity index (χ1n) is 8.62. The van der Waals surface area contributed by atoms with Gasteiger partial charge in [0, 0.05) is 5.69 Å². The summed E-state index contributed by atoms with van der Waals surface area (Å²) in [4.78, 5) is 42.4. The van der Waals surface area contributed by atoms with Gasteiger partial charge in [-0.25, -0.2) is 0 Å². The van der Waals surface area contributed by atoms with Crippen molar-refractivity contribution >= 4 is 29.3 Å². The molecule has 0 fully saturated rings. The van der Waals surface area contributed by atoms with Gasteiger partial charge in [0.25, 0.3) is 11.5 Å². The van der Waals surface area contributed by atoms with Gasteiger partial charge < -0.3 is 26.8 Å². The second kappa shape index (κ2) is 8.89. The van der Waals surface area contributed by atoms with Crippen LogP contribution >= 0.6 is 0 Å². The van der Waals surface area contributed by atoms with Crippen LogP contribution in [0.25, 0.3) is 0 Å². The molecule has 0 aliphatic heterocycles. The average Bonchev–Trinajstić information content (AvgIpc) is 2.60. The number of aromatic amines is 1. The molecular weight excluding hydrogens is 364 g/mol. The van der Waals surface area contributed by atoms with Crippen LogP contribution < -0.4 is 32.4 Å². The van der Waals surface area contributed by atoms with E-state index in [4.69, 9.17) is 16.2 Å². The highest BCUT2D eigenvalue weighted by atomic mass is 16.5. The number of rotatable bonds is 9. The van der Waals surface area contributed by atoms with Crippen molar-refractivity contribution in [2.45, 2.75) is 26.3 Å². The van der Waals surface area contributed by atoms with Gasteiger partial charge in [-0.15, -0.1) is 0 Å². The predicted molar refractivity (Wildman–Crippen MR) is 106 cm³/mol. The van der Waals surface area contributed by atoms with Crippen LogP contribution in [0.3, 0.4) is 0 Å². The van der Waals surface area contributed by atoms with Gasteiger partial charge in [0.15, 0.2) is 5.82 Å². The number of carbonyl (C=O) groups is 2. The highest BCUT2D eigenvalue weighted by molar-refractivity contribution is 5.98. The molecule has 0 aliphatic carbocycles. The normalized spacial score (nSPS) is 11.7. The molecule has 28 heavy (non-hydrogen) atoms. The molecule has 0 saturated heterocycles. The van der Waals surface area contributed by atoms with Crippen molar-refractivity contribution in [2.24, 2.45) is 17.4 Å². The summed E-state index contributed by atoms with van der Waals surface area (Å²) in [5.41, 5.74) is 10.2. The monoisotopic (exact) mass is 388 g/mol. The van der Waals surface area contributed by atoms with Crippen LogP contribution in [-0.2, 0) is 4.79 Å². The number of nitrogens with two attached hydrogens (primary N) is 2. The Morgan fingerprint density at radius 2 is 1.86 bits per heavy atom. The van der Waals surface area contributed by atoms with E-state index in [0.29, 0.717) is 17.9 Å². The van der Waals surface area contributed by atoms with Crippen LogP contribution in [0.1, 0.15) is 30.6 Å².